The summed E-state index contributed by atoms with van der Waals surface area (Å²) in [7, 11) is 1.55. The number of aryl methyl sites for hydroxylation is 3. The monoisotopic (exact) mass is 1920 g/mol. The molecule has 0 aliphatic heterocycles. The van der Waals surface area contributed by atoms with Gasteiger partial charge in [-0.05, 0) is 252 Å². The summed E-state index contributed by atoms with van der Waals surface area (Å²) in [4.78, 5) is 182. The van der Waals surface area contributed by atoms with Crippen LogP contribution in [0.3, 0.4) is 0 Å². The minimum atomic E-state index is -0.459. The van der Waals surface area contributed by atoms with Crippen LogP contribution in [0.1, 0.15) is 82.4 Å². The number of nitrogens with one attached hydrogen (secondary N) is 1. The van der Waals surface area contributed by atoms with Crippen LogP contribution in [0.5, 0.6) is 40.2 Å². The molecule has 18 aromatic rings. The van der Waals surface area contributed by atoms with E-state index in [9.17, 15) is 62.3 Å². The van der Waals surface area contributed by atoms with Crippen LogP contribution in [0.25, 0.3) is 130 Å². The first-order valence-corrected chi connectivity index (χ1v) is 45.5. The predicted octanol–water partition coefficient (Wildman–Crippen LogP) is 20.3. The molecule has 0 aliphatic rings. The molecule has 28 nitrogen and oxygen atoms in total. The molecule has 0 amide bonds. The number of halogens is 1. The molecular weight excluding hydrogens is 1840 g/mol. The maximum atomic E-state index is 12.6. The van der Waals surface area contributed by atoms with Gasteiger partial charge < -0.3 is 38.1 Å². The lowest BCUT2D eigenvalue weighted by Gasteiger charge is -2.12. The molecular formula is C104H81ClN8O20S4. The van der Waals surface area contributed by atoms with Gasteiger partial charge in [-0.15, -0.1) is 0 Å². The predicted molar refractivity (Wildman–Crippen MR) is 534 cm³/mol. The van der Waals surface area contributed by atoms with E-state index in [1.807, 2.05) is 69.3 Å². The van der Waals surface area contributed by atoms with E-state index >= 15 is 0 Å². The molecule has 137 heavy (non-hydrogen) atoms. The number of ether oxygens (including phenoxy) is 7. The van der Waals surface area contributed by atoms with Crippen LogP contribution >= 0.6 is 56.9 Å². The minimum Gasteiger partial charge on any atom is -0.494 e. The molecule has 6 aromatic heterocycles. The highest BCUT2D eigenvalue weighted by Gasteiger charge is 2.21. The lowest BCUT2D eigenvalue weighted by molar-refractivity contribution is -0.132. The Bertz CT molecular complexity index is 7990. The summed E-state index contributed by atoms with van der Waals surface area (Å²) in [6, 6.07) is 73.7. The van der Waals surface area contributed by atoms with E-state index in [1.165, 1.54) is 54.5 Å². The molecule has 0 radical (unpaired) electrons. The average Bonchev–Trinajstić information content (AvgIpc) is 0.775. The molecule has 688 valence electrons. The van der Waals surface area contributed by atoms with Crippen LogP contribution < -0.4 is 63.2 Å². The Morgan fingerprint density at radius 3 is 1.26 bits per heavy atom. The Kier molecular flexibility index (Phi) is 31.9. The highest BCUT2D eigenvalue weighted by molar-refractivity contribution is 7.14. The van der Waals surface area contributed by atoms with Crippen LogP contribution in [0.4, 0.5) is 0 Å². The van der Waals surface area contributed by atoms with Crippen LogP contribution in [-0.4, -0.2) is 88.2 Å². The number of esters is 6. The number of aromatic amines is 1. The minimum absolute atomic E-state index is 0.00670. The number of Topliss-reactive ketones (excluding diaryl/α,β-unsaturated/α-hetero) is 1. The second-order valence-corrected chi connectivity index (χ2v) is 34.4. The fraction of sp³-hybridized carbons (Fsp3) is 0.125. The Morgan fingerprint density at radius 1 is 0.350 bits per heavy atom. The van der Waals surface area contributed by atoms with Gasteiger partial charge in [0.1, 0.15) is 77.4 Å². The molecule has 1 N–H and O–H groups in total. The molecule has 18 rings (SSSR count). The summed E-state index contributed by atoms with van der Waals surface area (Å²) in [6.45, 7) is 17.5. The summed E-state index contributed by atoms with van der Waals surface area (Å²) in [5, 5.41) is 6.22. The Morgan fingerprint density at radius 2 is 0.759 bits per heavy atom. The smallest absolute Gasteiger partial charge is 0.308 e. The summed E-state index contributed by atoms with van der Waals surface area (Å²) in [5.41, 5.74) is 11.0. The molecule has 0 atom stereocenters. The van der Waals surface area contributed by atoms with Crippen molar-refractivity contribution >= 4 is 164 Å². The third-order valence-electron chi connectivity index (χ3n) is 19.9. The lowest BCUT2D eigenvalue weighted by atomic mass is 10.0. The summed E-state index contributed by atoms with van der Waals surface area (Å²) in [5.74, 6) is 1.78. The standard InChI is InChI=1S/C19H15NO4S.C18H16N2O3.C17H14N2O3.C17H13NO4S.C17H13NO3S.C16H10ClNO3S/c1-10-8-15(14(11(2)21)9-17(10)24-12(3)22)18-20-16-7-5-4-6-13(16)19(23)25-18;1-3-20-17(13-8-10-14(11-9-13)23-12(2)21)19-16-7-5-4-6-15(16)18(20)22;1-10-9-12(22-11(2)20)7-8-13(10)16-18-15-6-4-3-5-14(15)17(21)19-16;1-10(19)22-12-8-6-11(7-9-12)16-18-15-13(17(20)23-16)4-3-5-14(15)21-2;1-10-3-8-15-14(9-10)17(20)22-16(18-15)12-4-6-13(7-5-12)21-11(2)19;1-9(19)21-12-5-2-10(3-6-12)15-18-14-7-4-11(17)8-13(14)16(20)22-15/h4-9H,1-3H3;4-11H,3H2,1-2H3;3-9H,1-2H3,(H,18,19,21);3-9H,1-2H3;3-9H,1-2H3;2-8H,1H3. The number of carbonyl (C=O) groups excluding carboxylic acids is 7. The van der Waals surface area contributed by atoms with E-state index in [4.69, 9.17) is 44.8 Å². The maximum Gasteiger partial charge on any atom is 0.308 e. The number of fused-ring (bicyclic) bond motifs is 6. The van der Waals surface area contributed by atoms with Gasteiger partial charge in [-0.2, -0.15) is 0 Å². The Balaban J connectivity index is 0.000000139. The van der Waals surface area contributed by atoms with E-state index in [2.05, 4.69) is 34.9 Å². The molecule has 33 heteroatoms. The van der Waals surface area contributed by atoms with E-state index in [-0.39, 0.29) is 65.7 Å². The van der Waals surface area contributed by atoms with Gasteiger partial charge in [0.15, 0.2) is 5.78 Å². The molecule has 0 spiro atoms. The molecule has 12 aromatic carbocycles. The number of nitrogens with zero attached hydrogens (tertiary/aromatic N) is 7. The number of para-hydroxylation sites is 4. The number of hydrogen-bond acceptors (Lipinski definition) is 30. The van der Waals surface area contributed by atoms with Crippen molar-refractivity contribution in [2.24, 2.45) is 0 Å². The van der Waals surface area contributed by atoms with Gasteiger partial charge in [0.05, 0.1) is 67.0 Å². The number of methoxy groups -OCH3 is 1. The maximum absolute atomic E-state index is 12.6. The second kappa shape index (κ2) is 44.5. The SMILES string of the molecule is CC(=O)Oc1cc(C(C)=O)c(-c2nc3ccccc3c(=O)s2)cc1C.CC(=O)Oc1ccc(-c2nc3ccc(C)cc3c(=O)s2)cc1.CC(=O)Oc1ccc(-c2nc3ccc(Cl)cc3c(=O)s2)cc1.CC(=O)Oc1ccc(-c2nc3ccccc3c(=O)[nH]2)c(C)c1.CCn1c(-c2ccc(OC(C)=O)cc2)nc2ccccc2c1=O.COc1cccc2c(=O)sc(-c3ccc(OC(C)=O)cc3)nc12. The first kappa shape index (κ1) is 98.2. The number of benzene rings is 12. The number of ketones is 1. The number of carbonyl (C=O) groups is 7. The average molecular weight is 1930 g/mol. The van der Waals surface area contributed by atoms with Gasteiger partial charge in [0, 0.05) is 92.1 Å². The van der Waals surface area contributed by atoms with Crippen molar-refractivity contribution in [3.8, 4) is 105 Å². The van der Waals surface area contributed by atoms with Gasteiger partial charge in [-0.1, -0.05) is 111 Å². The van der Waals surface area contributed by atoms with Crippen molar-refractivity contribution < 1.29 is 66.7 Å². The van der Waals surface area contributed by atoms with Crippen molar-refractivity contribution in [2.45, 2.75) is 82.7 Å². The van der Waals surface area contributed by atoms with Gasteiger partial charge in [0.25, 0.3) is 11.1 Å². The molecule has 0 fully saturated rings. The van der Waals surface area contributed by atoms with Gasteiger partial charge in [0.2, 0.25) is 19.0 Å². The van der Waals surface area contributed by atoms with Crippen LogP contribution in [0.2, 0.25) is 5.02 Å². The highest BCUT2D eigenvalue weighted by atomic mass is 35.5. The second-order valence-electron chi connectivity index (χ2n) is 30.1. The van der Waals surface area contributed by atoms with E-state index in [0.717, 1.165) is 84.3 Å². The molecule has 0 aliphatic carbocycles. The van der Waals surface area contributed by atoms with Crippen LogP contribution in [-0.2, 0) is 35.3 Å². The van der Waals surface area contributed by atoms with Gasteiger partial charge in [-0.25, -0.2) is 29.9 Å². The first-order valence-electron chi connectivity index (χ1n) is 41.8. The van der Waals surface area contributed by atoms with Gasteiger partial charge in [-0.3, -0.25) is 66.9 Å². The van der Waals surface area contributed by atoms with Crippen molar-refractivity contribution in [3.05, 3.63) is 341 Å². The van der Waals surface area contributed by atoms with Crippen LogP contribution in [0.15, 0.2) is 284 Å². The van der Waals surface area contributed by atoms with E-state index in [1.54, 1.807) is 219 Å². The molecule has 0 unspecified atom stereocenters. The van der Waals surface area contributed by atoms with Crippen molar-refractivity contribution in [3.63, 3.8) is 0 Å². The fourth-order valence-electron chi connectivity index (χ4n) is 13.7. The zero-order valence-electron chi connectivity index (χ0n) is 75.3. The largest absolute Gasteiger partial charge is 0.494 e. The zero-order chi connectivity index (χ0) is 98.0. The Labute approximate surface area is 800 Å². The first-order chi connectivity index (χ1) is 65.6. The summed E-state index contributed by atoms with van der Waals surface area (Å²) >= 11 is 10.1. The van der Waals surface area contributed by atoms with E-state index in [0.29, 0.717) is 166 Å². The normalized spacial score (nSPS) is 10.6. The molecule has 0 saturated carbocycles. The number of H-pyrrole nitrogens is 1. The summed E-state index contributed by atoms with van der Waals surface area (Å²) in [6.07, 6.45) is 0. The molecule has 6 heterocycles. The summed E-state index contributed by atoms with van der Waals surface area (Å²) < 4.78 is 36.8. The van der Waals surface area contributed by atoms with Crippen molar-refractivity contribution in [2.75, 3.05) is 7.11 Å². The molecule has 0 bridgehead atoms. The molecule has 0 saturated heterocycles. The van der Waals surface area contributed by atoms with Crippen molar-refractivity contribution in [1.29, 1.82) is 0 Å². The highest BCUT2D eigenvalue weighted by Crippen LogP contribution is 2.36. The number of aromatic nitrogens is 8. The van der Waals surface area contributed by atoms with Crippen LogP contribution in [0, 0.1) is 20.8 Å². The fourth-order valence-corrected chi connectivity index (χ4v) is 17.3. The number of rotatable bonds is 15. The van der Waals surface area contributed by atoms with Gasteiger partial charge >= 0.3 is 35.8 Å². The van der Waals surface area contributed by atoms with E-state index < -0.39 is 5.97 Å². The Hall–Kier alpha value is -16.3. The third kappa shape index (κ3) is 25.0. The quantitative estimate of drug-likeness (QED) is 0.0566. The lowest BCUT2D eigenvalue weighted by Crippen LogP contribution is -2.22. The topological polar surface area (TPSA) is 385 Å². The zero-order valence-corrected chi connectivity index (χ0v) is 79.3. The number of hydrogen-bond donors (Lipinski definition) is 1. The van der Waals surface area contributed by atoms with Crippen molar-refractivity contribution in [1.82, 2.24) is 39.5 Å². The third-order valence-corrected chi connectivity index (χ3v) is 23.8.